The summed E-state index contributed by atoms with van der Waals surface area (Å²) in [4.78, 5) is 2.25. The zero-order valence-corrected chi connectivity index (χ0v) is 10.9. The highest BCUT2D eigenvalue weighted by molar-refractivity contribution is 4.69. The summed E-state index contributed by atoms with van der Waals surface area (Å²) < 4.78 is 0. The highest BCUT2D eigenvalue weighted by atomic mass is 15.6. The quantitative estimate of drug-likeness (QED) is 0.685. The normalized spacial score (nSPS) is 20.4. The van der Waals surface area contributed by atoms with Gasteiger partial charge in [0, 0.05) is 33.2 Å². The summed E-state index contributed by atoms with van der Waals surface area (Å²) in [6.45, 7) is 7.11. The van der Waals surface area contributed by atoms with E-state index in [1.165, 1.54) is 32.4 Å². The van der Waals surface area contributed by atoms with Crippen LogP contribution in [0.3, 0.4) is 0 Å². The number of hydrogen-bond acceptors (Lipinski definition) is 3. The molecule has 0 saturated carbocycles. The van der Waals surface area contributed by atoms with Crippen molar-refractivity contribution in [3.8, 4) is 0 Å². The minimum absolute atomic E-state index is 0.975. The molecule has 0 amide bonds. The summed E-state index contributed by atoms with van der Waals surface area (Å²) >= 11 is 0. The van der Waals surface area contributed by atoms with Crippen molar-refractivity contribution in [3.05, 3.63) is 0 Å². The summed E-state index contributed by atoms with van der Waals surface area (Å²) in [5, 5.41) is 4.90. The molecular formula is C12H27N3. The molecule has 3 heteroatoms. The molecule has 0 aromatic rings. The van der Waals surface area contributed by atoms with Gasteiger partial charge in [0.15, 0.2) is 0 Å². The van der Waals surface area contributed by atoms with Gasteiger partial charge in [-0.1, -0.05) is 13.3 Å². The lowest BCUT2D eigenvalue weighted by atomic mass is 9.95. The molecule has 3 nitrogen and oxygen atoms in total. The van der Waals surface area contributed by atoms with Crippen LogP contribution in [-0.4, -0.2) is 62.2 Å². The van der Waals surface area contributed by atoms with Crippen LogP contribution >= 0.6 is 0 Å². The smallest absolute Gasteiger partial charge is 0.0257 e. The number of rotatable bonds is 5. The van der Waals surface area contributed by atoms with Crippen molar-refractivity contribution in [1.29, 1.82) is 0 Å². The van der Waals surface area contributed by atoms with Gasteiger partial charge in [-0.15, -0.1) is 0 Å². The van der Waals surface area contributed by atoms with Gasteiger partial charge >= 0.3 is 0 Å². The van der Waals surface area contributed by atoms with Gasteiger partial charge in [0.05, 0.1) is 0 Å². The monoisotopic (exact) mass is 213 g/mol. The molecule has 0 aromatic carbocycles. The van der Waals surface area contributed by atoms with Gasteiger partial charge in [0.2, 0.25) is 0 Å². The third kappa shape index (κ3) is 4.49. The fraction of sp³-hybridized carbons (Fsp3) is 1.00. The molecule has 90 valence electrons. The van der Waals surface area contributed by atoms with Crippen molar-refractivity contribution in [2.45, 2.75) is 26.2 Å². The van der Waals surface area contributed by atoms with Crippen LogP contribution in [0.4, 0.5) is 0 Å². The van der Waals surface area contributed by atoms with Crippen LogP contribution in [0, 0.1) is 5.92 Å². The predicted molar refractivity (Wildman–Crippen MR) is 65.8 cm³/mol. The highest BCUT2D eigenvalue weighted by Crippen LogP contribution is 2.20. The average molecular weight is 213 g/mol. The van der Waals surface area contributed by atoms with Crippen LogP contribution in [0.5, 0.6) is 0 Å². The first-order chi connectivity index (χ1) is 7.13. The van der Waals surface area contributed by atoms with E-state index in [0.29, 0.717) is 0 Å². The van der Waals surface area contributed by atoms with E-state index >= 15 is 0 Å². The summed E-state index contributed by atoms with van der Waals surface area (Å²) in [5.41, 5.74) is 0. The maximum atomic E-state index is 2.51. The van der Waals surface area contributed by atoms with E-state index in [4.69, 9.17) is 0 Å². The van der Waals surface area contributed by atoms with Crippen LogP contribution in [-0.2, 0) is 0 Å². The van der Waals surface area contributed by atoms with Crippen LogP contribution in [0.15, 0.2) is 0 Å². The van der Waals surface area contributed by atoms with Gasteiger partial charge in [0.1, 0.15) is 0 Å². The lowest BCUT2D eigenvalue weighted by Gasteiger charge is -2.38. The first kappa shape index (κ1) is 12.9. The Morgan fingerprint density at radius 1 is 1.07 bits per heavy atom. The molecule has 0 N–H and O–H groups in total. The Labute approximate surface area is 95.0 Å². The number of likely N-dealkylation sites (N-methyl/N-ethyl adjacent to an activating group) is 2. The molecule has 1 rings (SSSR count). The molecular weight excluding hydrogens is 186 g/mol. The topological polar surface area (TPSA) is 9.72 Å². The SMILES string of the molecule is CCC1CCN(N(C)CCN(C)C)CC1. The van der Waals surface area contributed by atoms with Gasteiger partial charge in [-0.3, -0.25) is 0 Å². The number of nitrogens with zero attached hydrogens (tertiary/aromatic N) is 3. The average Bonchev–Trinajstić information content (AvgIpc) is 2.26. The second-order valence-corrected chi connectivity index (χ2v) is 4.99. The summed E-state index contributed by atoms with van der Waals surface area (Å²) in [6, 6.07) is 0. The number of piperidine rings is 1. The third-order valence-electron chi connectivity index (χ3n) is 3.52. The lowest BCUT2D eigenvalue weighted by molar-refractivity contribution is -0.0312. The van der Waals surface area contributed by atoms with Gasteiger partial charge in [-0.25, -0.2) is 10.0 Å². The van der Waals surface area contributed by atoms with Crippen LogP contribution < -0.4 is 0 Å². The minimum Gasteiger partial charge on any atom is -0.308 e. The zero-order chi connectivity index (χ0) is 11.3. The maximum absolute atomic E-state index is 2.51. The molecule has 0 atom stereocenters. The van der Waals surface area contributed by atoms with E-state index in [2.05, 4.69) is 43.0 Å². The highest BCUT2D eigenvalue weighted by Gasteiger charge is 2.20. The Morgan fingerprint density at radius 3 is 2.13 bits per heavy atom. The van der Waals surface area contributed by atoms with Crippen molar-refractivity contribution in [2.75, 3.05) is 47.3 Å². The fourth-order valence-electron chi connectivity index (χ4n) is 2.16. The van der Waals surface area contributed by atoms with Gasteiger partial charge in [-0.2, -0.15) is 0 Å². The molecule has 1 aliphatic rings. The van der Waals surface area contributed by atoms with Gasteiger partial charge in [-0.05, 0) is 32.9 Å². The third-order valence-corrected chi connectivity index (χ3v) is 3.52. The predicted octanol–water partition coefficient (Wildman–Crippen LogP) is 1.52. The number of hydrogen-bond donors (Lipinski definition) is 0. The van der Waals surface area contributed by atoms with E-state index in [9.17, 15) is 0 Å². The molecule has 0 unspecified atom stereocenters. The van der Waals surface area contributed by atoms with Crippen molar-refractivity contribution < 1.29 is 0 Å². The molecule has 0 aliphatic carbocycles. The van der Waals surface area contributed by atoms with E-state index in [-0.39, 0.29) is 0 Å². The van der Waals surface area contributed by atoms with E-state index in [0.717, 1.165) is 19.0 Å². The van der Waals surface area contributed by atoms with Crippen LogP contribution in [0.2, 0.25) is 0 Å². The molecule has 1 fully saturated rings. The zero-order valence-electron chi connectivity index (χ0n) is 10.9. The molecule has 15 heavy (non-hydrogen) atoms. The molecule has 0 spiro atoms. The largest absolute Gasteiger partial charge is 0.308 e. The molecule has 1 heterocycles. The molecule has 0 radical (unpaired) electrons. The lowest BCUT2D eigenvalue weighted by Crippen LogP contribution is -2.46. The second-order valence-electron chi connectivity index (χ2n) is 4.99. The van der Waals surface area contributed by atoms with Crippen molar-refractivity contribution >= 4 is 0 Å². The summed E-state index contributed by atoms with van der Waals surface area (Å²) in [7, 11) is 6.49. The summed E-state index contributed by atoms with van der Waals surface area (Å²) in [6.07, 6.45) is 4.11. The van der Waals surface area contributed by atoms with Crippen molar-refractivity contribution in [1.82, 2.24) is 14.9 Å². The fourth-order valence-corrected chi connectivity index (χ4v) is 2.16. The maximum Gasteiger partial charge on any atom is 0.0257 e. The van der Waals surface area contributed by atoms with Crippen LogP contribution in [0.25, 0.3) is 0 Å². The summed E-state index contributed by atoms with van der Waals surface area (Å²) in [5.74, 6) is 0.975. The first-order valence-corrected chi connectivity index (χ1v) is 6.24. The van der Waals surface area contributed by atoms with Crippen LogP contribution in [0.1, 0.15) is 26.2 Å². The van der Waals surface area contributed by atoms with Gasteiger partial charge < -0.3 is 4.90 Å². The molecule has 0 aromatic heterocycles. The Balaban J connectivity index is 2.20. The Morgan fingerprint density at radius 2 is 1.67 bits per heavy atom. The van der Waals surface area contributed by atoms with Crippen molar-refractivity contribution in [2.24, 2.45) is 5.92 Å². The Kier molecular flexibility index (Phi) is 5.58. The van der Waals surface area contributed by atoms with E-state index in [1.54, 1.807) is 0 Å². The second kappa shape index (κ2) is 6.46. The molecule has 0 bridgehead atoms. The Hall–Kier alpha value is -0.120. The first-order valence-electron chi connectivity index (χ1n) is 6.24. The molecule has 1 aliphatic heterocycles. The molecule has 1 saturated heterocycles. The van der Waals surface area contributed by atoms with E-state index in [1.807, 2.05) is 0 Å². The number of hydrazine groups is 1. The standard InChI is InChI=1S/C12H27N3/c1-5-12-6-8-15(9-7-12)14(4)11-10-13(2)3/h12H,5-11H2,1-4H3. The van der Waals surface area contributed by atoms with Crippen molar-refractivity contribution in [3.63, 3.8) is 0 Å². The van der Waals surface area contributed by atoms with Gasteiger partial charge in [0.25, 0.3) is 0 Å². The minimum atomic E-state index is 0.975. The van der Waals surface area contributed by atoms with E-state index < -0.39 is 0 Å². The Bertz CT molecular complexity index is 162.